The molecule has 0 saturated carbocycles. The molecule has 4 nitrogen and oxygen atoms in total. The minimum absolute atomic E-state index is 0.0208. The Morgan fingerprint density at radius 1 is 1.53 bits per heavy atom. The lowest BCUT2D eigenvalue weighted by molar-refractivity contribution is -0.125. The molecule has 1 aromatic rings. The van der Waals surface area contributed by atoms with Crippen LogP contribution < -0.4 is 11.1 Å². The highest BCUT2D eigenvalue weighted by Crippen LogP contribution is 2.11. The third-order valence-corrected chi connectivity index (χ3v) is 2.78. The van der Waals surface area contributed by atoms with Crippen LogP contribution in [0.5, 0.6) is 0 Å². The van der Waals surface area contributed by atoms with E-state index >= 15 is 0 Å². The van der Waals surface area contributed by atoms with Gasteiger partial charge in [-0.25, -0.2) is 0 Å². The van der Waals surface area contributed by atoms with E-state index in [9.17, 15) is 4.79 Å². The Kier molecular flexibility index (Phi) is 5.63. The molecule has 0 spiro atoms. The van der Waals surface area contributed by atoms with Crippen molar-refractivity contribution < 1.29 is 4.79 Å². The first-order valence-electron chi connectivity index (χ1n) is 6.10. The van der Waals surface area contributed by atoms with E-state index in [2.05, 4.69) is 17.2 Å². The molecule has 0 aliphatic rings. The van der Waals surface area contributed by atoms with Gasteiger partial charge in [-0.1, -0.05) is 19.4 Å². The van der Waals surface area contributed by atoms with Gasteiger partial charge in [-0.15, -0.1) is 0 Å². The Bertz CT molecular complexity index is 340. The Morgan fingerprint density at radius 3 is 2.82 bits per heavy atom. The van der Waals surface area contributed by atoms with Gasteiger partial charge in [0.2, 0.25) is 5.91 Å². The van der Waals surface area contributed by atoms with Crippen molar-refractivity contribution in [3.63, 3.8) is 0 Å². The maximum absolute atomic E-state index is 11.9. The normalized spacial score (nSPS) is 14.1. The molecule has 94 valence electrons. The average molecular weight is 235 g/mol. The van der Waals surface area contributed by atoms with E-state index in [0.717, 1.165) is 18.5 Å². The quantitative estimate of drug-likeness (QED) is 0.787. The van der Waals surface area contributed by atoms with E-state index in [1.807, 2.05) is 25.1 Å². The molecule has 0 radical (unpaired) electrons. The van der Waals surface area contributed by atoms with Crippen LogP contribution in [0, 0.1) is 5.92 Å². The molecule has 0 aliphatic carbocycles. The first-order valence-corrected chi connectivity index (χ1v) is 6.10. The molecule has 0 saturated heterocycles. The zero-order chi connectivity index (χ0) is 12.7. The monoisotopic (exact) mass is 235 g/mol. The van der Waals surface area contributed by atoms with Crippen LogP contribution in [-0.2, 0) is 4.79 Å². The lowest BCUT2D eigenvalue weighted by Crippen LogP contribution is -2.36. The highest BCUT2D eigenvalue weighted by atomic mass is 16.1. The maximum Gasteiger partial charge on any atom is 0.224 e. The molecule has 3 N–H and O–H groups in total. The van der Waals surface area contributed by atoms with E-state index < -0.39 is 0 Å². The van der Waals surface area contributed by atoms with Crippen molar-refractivity contribution in [1.29, 1.82) is 0 Å². The van der Waals surface area contributed by atoms with Crippen LogP contribution in [0.2, 0.25) is 0 Å². The van der Waals surface area contributed by atoms with E-state index in [0.29, 0.717) is 6.54 Å². The highest BCUT2D eigenvalue weighted by Gasteiger charge is 2.18. The van der Waals surface area contributed by atoms with E-state index in [1.165, 1.54) is 0 Å². The van der Waals surface area contributed by atoms with E-state index in [1.54, 1.807) is 6.20 Å². The molecule has 4 heteroatoms. The second-order valence-electron chi connectivity index (χ2n) is 4.21. The van der Waals surface area contributed by atoms with Crippen LogP contribution in [0.3, 0.4) is 0 Å². The van der Waals surface area contributed by atoms with Gasteiger partial charge in [-0.3, -0.25) is 9.78 Å². The summed E-state index contributed by atoms with van der Waals surface area (Å²) in [6.07, 6.45) is 3.52. The topological polar surface area (TPSA) is 68.0 Å². The Balaban J connectivity index is 2.56. The van der Waals surface area contributed by atoms with Crippen molar-refractivity contribution in [3.05, 3.63) is 30.1 Å². The molecule has 1 unspecified atom stereocenters. The molecule has 0 aromatic carbocycles. The minimum atomic E-state index is -0.0915. The summed E-state index contributed by atoms with van der Waals surface area (Å²) in [5, 5.41) is 2.95. The number of nitrogens with zero attached hydrogens (tertiary/aromatic N) is 1. The van der Waals surface area contributed by atoms with Gasteiger partial charge in [0.1, 0.15) is 0 Å². The fraction of sp³-hybridized carbons (Fsp3) is 0.538. The van der Waals surface area contributed by atoms with Gasteiger partial charge in [0.05, 0.1) is 17.7 Å². The zero-order valence-electron chi connectivity index (χ0n) is 10.5. The first kappa shape index (κ1) is 13.6. The number of carbonyl (C=O) groups excluding carboxylic acids is 1. The molecule has 17 heavy (non-hydrogen) atoms. The molecule has 1 rings (SSSR count). The second-order valence-corrected chi connectivity index (χ2v) is 4.21. The summed E-state index contributed by atoms with van der Waals surface area (Å²) in [5.41, 5.74) is 6.47. The average Bonchev–Trinajstić information content (AvgIpc) is 2.36. The maximum atomic E-state index is 11.9. The molecule has 1 amide bonds. The van der Waals surface area contributed by atoms with Crippen molar-refractivity contribution in [3.8, 4) is 0 Å². The highest BCUT2D eigenvalue weighted by molar-refractivity contribution is 5.79. The summed E-state index contributed by atoms with van der Waals surface area (Å²) in [7, 11) is 0. The molecule has 0 bridgehead atoms. The lowest BCUT2D eigenvalue weighted by atomic mass is 10.0. The predicted molar refractivity (Wildman–Crippen MR) is 68.2 cm³/mol. The number of nitrogens with one attached hydrogen (secondary N) is 1. The van der Waals surface area contributed by atoms with Crippen molar-refractivity contribution in [2.75, 3.05) is 6.54 Å². The van der Waals surface area contributed by atoms with Crippen molar-refractivity contribution in [2.24, 2.45) is 11.7 Å². The SMILES string of the molecule is CCCC(CN)C(=O)N[C@H](C)c1ccccn1. The van der Waals surface area contributed by atoms with Gasteiger partial charge in [0, 0.05) is 12.7 Å². The van der Waals surface area contributed by atoms with Crippen LogP contribution in [0.4, 0.5) is 0 Å². The fourth-order valence-corrected chi connectivity index (χ4v) is 1.74. The Hall–Kier alpha value is -1.42. The molecular formula is C13H21N3O. The van der Waals surface area contributed by atoms with Crippen molar-refractivity contribution in [1.82, 2.24) is 10.3 Å². The summed E-state index contributed by atoms with van der Waals surface area (Å²) in [4.78, 5) is 16.1. The number of hydrogen-bond donors (Lipinski definition) is 2. The van der Waals surface area contributed by atoms with Crippen molar-refractivity contribution in [2.45, 2.75) is 32.7 Å². The Labute approximate surface area is 103 Å². The third-order valence-electron chi connectivity index (χ3n) is 2.78. The number of nitrogens with two attached hydrogens (primary N) is 1. The number of pyridine rings is 1. The molecule has 0 aliphatic heterocycles. The summed E-state index contributed by atoms with van der Waals surface area (Å²) in [5.74, 6) is -0.0707. The standard InChI is InChI=1S/C13H21N3O/c1-3-6-11(9-14)13(17)16-10(2)12-7-4-5-8-15-12/h4-5,7-8,10-11H,3,6,9,14H2,1-2H3,(H,16,17)/t10-,11?/m1/s1. The summed E-state index contributed by atoms with van der Waals surface area (Å²) in [6, 6.07) is 5.60. The predicted octanol–water partition coefficient (Wildman–Crippen LogP) is 1.63. The number of aromatic nitrogens is 1. The first-order chi connectivity index (χ1) is 8.19. The molecule has 2 atom stereocenters. The largest absolute Gasteiger partial charge is 0.348 e. The summed E-state index contributed by atoms with van der Waals surface area (Å²) in [6.45, 7) is 4.38. The van der Waals surface area contributed by atoms with Gasteiger partial charge < -0.3 is 11.1 Å². The number of hydrogen-bond acceptors (Lipinski definition) is 3. The van der Waals surface area contributed by atoms with Crippen LogP contribution >= 0.6 is 0 Å². The lowest BCUT2D eigenvalue weighted by Gasteiger charge is -2.18. The van der Waals surface area contributed by atoms with Crippen molar-refractivity contribution >= 4 is 5.91 Å². The van der Waals surface area contributed by atoms with Crippen LogP contribution in [-0.4, -0.2) is 17.4 Å². The van der Waals surface area contributed by atoms with Gasteiger partial charge in [-0.2, -0.15) is 0 Å². The smallest absolute Gasteiger partial charge is 0.224 e. The third kappa shape index (κ3) is 4.15. The number of carbonyl (C=O) groups is 1. The molecule has 0 fully saturated rings. The van der Waals surface area contributed by atoms with Gasteiger partial charge in [0.25, 0.3) is 0 Å². The van der Waals surface area contributed by atoms with Gasteiger partial charge >= 0.3 is 0 Å². The van der Waals surface area contributed by atoms with Gasteiger partial charge in [0.15, 0.2) is 0 Å². The summed E-state index contributed by atoms with van der Waals surface area (Å²) >= 11 is 0. The second kappa shape index (κ2) is 7.01. The van der Waals surface area contributed by atoms with E-state index in [4.69, 9.17) is 5.73 Å². The number of amides is 1. The number of rotatable bonds is 6. The van der Waals surface area contributed by atoms with Crippen LogP contribution in [0.15, 0.2) is 24.4 Å². The van der Waals surface area contributed by atoms with Gasteiger partial charge in [-0.05, 0) is 25.5 Å². The molecular weight excluding hydrogens is 214 g/mol. The summed E-state index contributed by atoms with van der Waals surface area (Å²) < 4.78 is 0. The Morgan fingerprint density at radius 2 is 2.29 bits per heavy atom. The fourth-order valence-electron chi connectivity index (χ4n) is 1.74. The molecule has 1 heterocycles. The zero-order valence-corrected chi connectivity index (χ0v) is 10.5. The molecule has 1 aromatic heterocycles. The van der Waals surface area contributed by atoms with Crippen LogP contribution in [0.25, 0.3) is 0 Å². The van der Waals surface area contributed by atoms with E-state index in [-0.39, 0.29) is 17.9 Å². The minimum Gasteiger partial charge on any atom is -0.348 e. The van der Waals surface area contributed by atoms with Crippen LogP contribution in [0.1, 0.15) is 38.4 Å².